The zero-order chi connectivity index (χ0) is 14.5. The van der Waals surface area contributed by atoms with Crippen molar-refractivity contribution >= 4 is 5.97 Å². The van der Waals surface area contributed by atoms with Crippen molar-refractivity contribution in [2.24, 2.45) is 28.6 Å². The Kier molecular flexibility index (Phi) is 3.39. The minimum atomic E-state index is -0.409. The van der Waals surface area contributed by atoms with Gasteiger partial charge in [-0.1, -0.05) is 6.92 Å². The van der Waals surface area contributed by atoms with Crippen LogP contribution in [0.2, 0.25) is 0 Å². The molecule has 0 radical (unpaired) electrons. The van der Waals surface area contributed by atoms with Crippen molar-refractivity contribution in [2.45, 2.75) is 65.4 Å². The first-order valence-electron chi connectivity index (χ1n) is 8.21. The Morgan fingerprint density at radius 1 is 1.25 bits per heavy atom. The first-order valence-corrected chi connectivity index (χ1v) is 8.21. The summed E-state index contributed by atoms with van der Waals surface area (Å²) in [4.78, 5) is 12.2. The van der Waals surface area contributed by atoms with Gasteiger partial charge in [-0.3, -0.25) is 4.79 Å². The predicted molar refractivity (Wildman–Crippen MR) is 77.0 cm³/mol. The summed E-state index contributed by atoms with van der Waals surface area (Å²) in [6.07, 6.45) is 6.35. The number of rotatable bonds is 4. The van der Waals surface area contributed by atoms with Gasteiger partial charge in [-0.05, 0) is 70.1 Å². The van der Waals surface area contributed by atoms with Crippen LogP contribution in [0.1, 0.15) is 59.3 Å². The van der Waals surface area contributed by atoms with Crippen molar-refractivity contribution in [3.05, 3.63) is 0 Å². The van der Waals surface area contributed by atoms with Gasteiger partial charge >= 0.3 is 5.97 Å². The van der Waals surface area contributed by atoms with Crippen LogP contribution in [0.15, 0.2) is 0 Å². The molecule has 4 saturated carbocycles. The molecule has 4 aliphatic rings. The van der Waals surface area contributed by atoms with Crippen LogP contribution in [-0.4, -0.2) is 23.8 Å². The molecule has 4 fully saturated rings. The number of aliphatic hydroxyl groups is 1. The minimum absolute atomic E-state index is 0.108. The number of aliphatic hydroxyl groups excluding tert-OH is 1. The van der Waals surface area contributed by atoms with Crippen molar-refractivity contribution in [1.82, 2.24) is 0 Å². The fourth-order valence-corrected chi connectivity index (χ4v) is 4.93. The number of carbonyl (C=O) groups is 1. The van der Waals surface area contributed by atoms with Crippen LogP contribution in [0.3, 0.4) is 0 Å². The smallest absolute Gasteiger partial charge is 0.311 e. The van der Waals surface area contributed by atoms with E-state index in [1.165, 1.54) is 19.3 Å². The first kappa shape index (κ1) is 14.4. The second-order valence-corrected chi connectivity index (χ2v) is 8.23. The molecule has 3 unspecified atom stereocenters. The summed E-state index contributed by atoms with van der Waals surface area (Å²) in [7, 11) is 0. The van der Waals surface area contributed by atoms with Gasteiger partial charge in [-0.2, -0.15) is 0 Å². The van der Waals surface area contributed by atoms with Crippen molar-refractivity contribution in [2.75, 3.05) is 6.61 Å². The third-order valence-corrected chi connectivity index (χ3v) is 6.33. The molecule has 1 N–H and O–H groups in total. The van der Waals surface area contributed by atoms with Crippen molar-refractivity contribution in [3.8, 4) is 0 Å². The Balaban J connectivity index is 1.69. The lowest BCUT2D eigenvalue weighted by atomic mass is 9.48. The molecule has 4 rings (SSSR count). The first-order chi connectivity index (χ1) is 9.36. The Bertz CT molecular complexity index is 387. The van der Waals surface area contributed by atoms with Crippen molar-refractivity contribution in [1.29, 1.82) is 0 Å². The number of ether oxygens (including phenoxy) is 1. The standard InChI is InChI=1S/C17H28O3/c1-4-16(2,3)15(19)20-10-17-8-11-5-12(9-17)7-13(6-11)14(17)18/h11-14,18H,4-10H2,1-3H3. The third kappa shape index (κ3) is 2.18. The van der Waals surface area contributed by atoms with Gasteiger partial charge in [0.1, 0.15) is 0 Å². The van der Waals surface area contributed by atoms with E-state index < -0.39 is 5.41 Å². The lowest BCUT2D eigenvalue weighted by Gasteiger charge is -2.59. The van der Waals surface area contributed by atoms with Gasteiger partial charge in [0, 0.05) is 5.41 Å². The zero-order valence-corrected chi connectivity index (χ0v) is 13.0. The highest BCUT2D eigenvalue weighted by molar-refractivity contribution is 5.75. The minimum Gasteiger partial charge on any atom is -0.465 e. The van der Waals surface area contributed by atoms with E-state index in [0.29, 0.717) is 12.5 Å². The number of carbonyl (C=O) groups excluding carboxylic acids is 1. The highest BCUT2D eigenvalue weighted by Gasteiger charge is 2.57. The van der Waals surface area contributed by atoms with Crippen LogP contribution in [0, 0.1) is 28.6 Å². The van der Waals surface area contributed by atoms with E-state index in [-0.39, 0.29) is 17.5 Å². The molecule has 3 atom stereocenters. The largest absolute Gasteiger partial charge is 0.465 e. The highest BCUT2D eigenvalue weighted by Crippen LogP contribution is 2.60. The molecule has 0 saturated heterocycles. The molecule has 20 heavy (non-hydrogen) atoms. The van der Waals surface area contributed by atoms with Gasteiger partial charge in [0.15, 0.2) is 0 Å². The third-order valence-electron chi connectivity index (χ3n) is 6.33. The monoisotopic (exact) mass is 280 g/mol. The topological polar surface area (TPSA) is 46.5 Å². The summed E-state index contributed by atoms with van der Waals surface area (Å²) in [6, 6.07) is 0. The Labute approximate surface area is 122 Å². The molecule has 4 bridgehead atoms. The average Bonchev–Trinajstić information content (AvgIpc) is 2.41. The maximum absolute atomic E-state index is 12.2. The van der Waals surface area contributed by atoms with Gasteiger partial charge in [-0.15, -0.1) is 0 Å². The van der Waals surface area contributed by atoms with E-state index in [9.17, 15) is 9.90 Å². The molecule has 0 heterocycles. The summed E-state index contributed by atoms with van der Waals surface area (Å²) in [6.45, 7) is 6.32. The summed E-state index contributed by atoms with van der Waals surface area (Å²) in [5, 5.41) is 10.7. The van der Waals surface area contributed by atoms with Gasteiger partial charge in [0.25, 0.3) is 0 Å². The lowest BCUT2D eigenvalue weighted by molar-refractivity contribution is -0.191. The fourth-order valence-electron chi connectivity index (χ4n) is 4.93. The summed E-state index contributed by atoms with van der Waals surface area (Å²) < 4.78 is 5.65. The predicted octanol–water partition coefficient (Wildman–Crippen LogP) is 3.15. The van der Waals surface area contributed by atoms with Crippen LogP contribution in [-0.2, 0) is 9.53 Å². The maximum Gasteiger partial charge on any atom is 0.311 e. The van der Waals surface area contributed by atoms with E-state index in [2.05, 4.69) is 0 Å². The normalized spacial score (nSPS) is 42.8. The summed E-state index contributed by atoms with van der Waals surface area (Å²) in [5.41, 5.74) is -0.540. The van der Waals surface area contributed by atoms with Gasteiger partial charge in [0.2, 0.25) is 0 Å². The zero-order valence-electron chi connectivity index (χ0n) is 13.0. The Hall–Kier alpha value is -0.570. The van der Waals surface area contributed by atoms with Crippen LogP contribution in [0.5, 0.6) is 0 Å². The van der Waals surface area contributed by atoms with E-state index in [1.807, 2.05) is 20.8 Å². The van der Waals surface area contributed by atoms with Crippen molar-refractivity contribution in [3.63, 3.8) is 0 Å². The lowest BCUT2D eigenvalue weighted by Crippen LogP contribution is -2.58. The highest BCUT2D eigenvalue weighted by atomic mass is 16.5. The van der Waals surface area contributed by atoms with Crippen LogP contribution < -0.4 is 0 Å². The molecule has 0 amide bonds. The molecular formula is C17H28O3. The molecule has 0 aromatic carbocycles. The molecule has 0 aromatic heterocycles. The molecule has 0 aromatic rings. The maximum atomic E-state index is 12.2. The van der Waals surface area contributed by atoms with E-state index in [1.54, 1.807) is 0 Å². The molecule has 3 heteroatoms. The van der Waals surface area contributed by atoms with Crippen LogP contribution in [0.4, 0.5) is 0 Å². The molecular weight excluding hydrogens is 252 g/mol. The Morgan fingerprint density at radius 3 is 2.40 bits per heavy atom. The van der Waals surface area contributed by atoms with Crippen LogP contribution >= 0.6 is 0 Å². The molecule has 114 valence electrons. The number of esters is 1. The molecule has 0 aliphatic heterocycles. The van der Waals surface area contributed by atoms with Gasteiger partial charge in [-0.25, -0.2) is 0 Å². The second kappa shape index (κ2) is 4.72. The van der Waals surface area contributed by atoms with E-state index in [4.69, 9.17) is 4.74 Å². The quantitative estimate of drug-likeness (QED) is 0.805. The summed E-state index contributed by atoms with van der Waals surface area (Å²) >= 11 is 0. The molecule has 3 nitrogen and oxygen atoms in total. The second-order valence-electron chi connectivity index (χ2n) is 8.23. The van der Waals surface area contributed by atoms with Crippen molar-refractivity contribution < 1.29 is 14.6 Å². The van der Waals surface area contributed by atoms with Crippen LogP contribution in [0.25, 0.3) is 0 Å². The van der Waals surface area contributed by atoms with Gasteiger partial charge in [0.05, 0.1) is 18.1 Å². The number of hydrogen-bond acceptors (Lipinski definition) is 3. The van der Waals surface area contributed by atoms with Gasteiger partial charge < -0.3 is 9.84 Å². The SMILES string of the molecule is CCC(C)(C)C(=O)OCC12CC3CC(CC(C3)C1O)C2. The van der Waals surface area contributed by atoms with E-state index in [0.717, 1.165) is 31.1 Å². The van der Waals surface area contributed by atoms with E-state index >= 15 is 0 Å². The number of hydrogen-bond donors (Lipinski definition) is 1. The fraction of sp³-hybridized carbons (Fsp3) is 0.941. The molecule has 4 aliphatic carbocycles. The molecule has 0 spiro atoms. The Morgan fingerprint density at radius 2 is 1.85 bits per heavy atom. The average molecular weight is 280 g/mol. The summed E-state index contributed by atoms with van der Waals surface area (Å²) in [5.74, 6) is 1.87.